The summed E-state index contributed by atoms with van der Waals surface area (Å²) in [4.78, 5) is 6.73. The lowest BCUT2D eigenvalue weighted by molar-refractivity contribution is -0.0317. The fourth-order valence-corrected chi connectivity index (χ4v) is 3.43. The van der Waals surface area contributed by atoms with Crippen LogP contribution in [0.1, 0.15) is 28.7 Å². The summed E-state index contributed by atoms with van der Waals surface area (Å²) in [6.07, 6.45) is 0.978. The summed E-state index contributed by atoms with van der Waals surface area (Å²) in [5.74, 6) is 0.936. The Balaban J connectivity index is 2.00. The van der Waals surface area contributed by atoms with Gasteiger partial charge in [-0.15, -0.1) is 0 Å². The summed E-state index contributed by atoms with van der Waals surface area (Å²) in [6, 6.07) is 16.1. The third kappa shape index (κ3) is 1.67. The van der Waals surface area contributed by atoms with E-state index in [4.69, 9.17) is 0 Å². The van der Waals surface area contributed by atoms with E-state index in [1.54, 1.807) is 0 Å². The number of aryl methyl sites for hydroxylation is 1. The molecule has 1 atom stereocenters. The second-order valence-electron chi connectivity index (χ2n) is 5.80. The number of benzene rings is 2. The molecule has 2 heterocycles. The Morgan fingerprint density at radius 3 is 2.76 bits per heavy atom. The standard InChI is InChI=1S/C18H18N2O/c1-13-8-9-16-15(12-13)17-19-10-5-11-20(17)18(16,21)14-6-3-2-4-7-14/h2-4,6-9,12,21H,5,10-11H2,1H3. The smallest absolute Gasteiger partial charge is 0.193 e. The molecule has 4 rings (SSSR count). The van der Waals surface area contributed by atoms with Gasteiger partial charge < -0.3 is 10.0 Å². The largest absolute Gasteiger partial charge is 0.363 e. The van der Waals surface area contributed by atoms with Crippen molar-refractivity contribution in [3.63, 3.8) is 0 Å². The molecule has 0 aliphatic carbocycles. The highest BCUT2D eigenvalue weighted by molar-refractivity contribution is 6.04. The zero-order valence-electron chi connectivity index (χ0n) is 12.1. The molecular weight excluding hydrogens is 260 g/mol. The van der Waals surface area contributed by atoms with Gasteiger partial charge in [0.25, 0.3) is 0 Å². The van der Waals surface area contributed by atoms with E-state index in [9.17, 15) is 5.11 Å². The molecule has 2 aromatic rings. The number of nitrogens with zero attached hydrogens (tertiary/aromatic N) is 2. The summed E-state index contributed by atoms with van der Waals surface area (Å²) in [5, 5.41) is 11.5. The molecular formula is C18H18N2O. The van der Waals surface area contributed by atoms with Gasteiger partial charge in [0.05, 0.1) is 0 Å². The minimum absolute atomic E-state index is 0.831. The Morgan fingerprint density at radius 2 is 1.95 bits per heavy atom. The Labute approximate surface area is 124 Å². The molecule has 21 heavy (non-hydrogen) atoms. The van der Waals surface area contributed by atoms with Crippen LogP contribution >= 0.6 is 0 Å². The molecule has 0 fully saturated rings. The third-order valence-electron chi connectivity index (χ3n) is 4.42. The molecule has 106 valence electrons. The molecule has 0 spiro atoms. The average Bonchev–Trinajstić information content (AvgIpc) is 2.79. The predicted molar refractivity (Wildman–Crippen MR) is 83.3 cm³/mol. The number of hydrogen-bond acceptors (Lipinski definition) is 3. The van der Waals surface area contributed by atoms with Crippen molar-refractivity contribution < 1.29 is 5.11 Å². The lowest BCUT2D eigenvalue weighted by atomic mass is 9.93. The number of rotatable bonds is 1. The Hall–Kier alpha value is -2.13. The Bertz CT molecular complexity index is 723. The van der Waals surface area contributed by atoms with Gasteiger partial charge in [-0.25, -0.2) is 0 Å². The van der Waals surface area contributed by atoms with Crippen molar-refractivity contribution in [3.8, 4) is 0 Å². The van der Waals surface area contributed by atoms with Gasteiger partial charge in [-0.1, -0.05) is 48.0 Å². The van der Waals surface area contributed by atoms with Gasteiger partial charge >= 0.3 is 0 Å². The monoisotopic (exact) mass is 278 g/mol. The molecule has 3 nitrogen and oxygen atoms in total. The predicted octanol–water partition coefficient (Wildman–Crippen LogP) is 2.65. The van der Waals surface area contributed by atoms with Crippen LogP contribution < -0.4 is 0 Å². The quantitative estimate of drug-likeness (QED) is 0.870. The fraction of sp³-hybridized carbons (Fsp3) is 0.278. The summed E-state index contributed by atoms with van der Waals surface area (Å²) in [5.41, 5.74) is 3.02. The fourth-order valence-electron chi connectivity index (χ4n) is 3.43. The second-order valence-corrected chi connectivity index (χ2v) is 5.80. The van der Waals surface area contributed by atoms with E-state index in [0.29, 0.717) is 0 Å². The van der Waals surface area contributed by atoms with Gasteiger partial charge in [0.1, 0.15) is 5.84 Å². The van der Waals surface area contributed by atoms with Crippen molar-refractivity contribution in [3.05, 3.63) is 70.8 Å². The summed E-state index contributed by atoms with van der Waals surface area (Å²) < 4.78 is 0. The van der Waals surface area contributed by atoms with E-state index in [1.165, 1.54) is 5.56 Å². The van der Waals surface area contributed by atoms with Crippen LogP contribution in [0.3, 0.4) is 0 Å². The number of amidine groups is 1. The minimum atomic E-state index is -1.09. The van der Waals surface area contributed by atoms with Gasteiger partial charge in [-0.3, -0.25) is 4.99 Å². The van der Waals surface area contributed by atoms with Gasteiger partial charge in [-0.2, -0.15) is 0 Å². The number of hydrogen-bond donors (Lipinski definition) is 1. The first kappa shape index (κ1) is 12.6. The van der Waals surface area contributed by atoms with Crippen molar-refractivity contribution in [2.75, 3.05) is 13.1 Å². The van der Waals surface area contributed by atoms with Crippen LogP contribution in [0.5, 0.6) is 0 Å². The van der Waals surface area contributed by atoms with E-state index in [2.05, 4.69) is 28.9 Å². The van der Waals surface area contributed by atoms with Crippen molar-refractivity contribution in [2.45, 2.75) is 19.1 Å². The van der Waals surface area contributed by atoms with Crippen LogP contribution in [0.15, 0.2) is 53.5 Å². The maximum atomic E-state index is 11.5. The van der Waals surface area contributed by atoms with Crippen LogP contribution in [-0.2, 0) is 5.72 Å². The first-order chi connectivity index (χ1) is 10.2. The molecule has 0 bridgehead atoms. The molecule has 1 N–H and O–H groups in total. The molecule has 2 aliphatic heterocycles. The van der Waals surface area contributed by atoms with E-state index in [0.717, 1.165) is 42.0 Å². The Kier molecular flexibility index (Phi) is 2.66. The van der Waals surface area contributed by atoms with Crippen LogP contribution in [0.4, 0.5) is 0 Å². The maximum Gasteiger partial charge on any atom is 0.193 e. The lowest BCUT2D eigenvalue weighted by Crippen LogP contribution is -2.47. The van der Waals surface area contributed by atoms with E-state index >= 15 is 0 Å². The lowest BCUT2D eigenvalue weighted by Gasteiger charge is -2.37. The highest BCUT2D eigenvalue weighted by atomic mass is 16.3. The molecule has 1 unspecified atom stereocenters. The van der Waals surface area contributed by atoms with Crippen LogP contribution in [-0.4, -0.2) is 28.9 Å². The summed E-state index contributed by atoms with van der Waals surface area (Å²) >= 11 is 0. The van der Waals surface area contributed by atoms with Gasteiger partial charge in [0, 0.05) is 29.8 Å². The minimum Gasteiger partial charge on any atom is -0.363 e. The number of aliphatic hydroxyl groups is 1. The SMILES string of the molecule is Cc1ccc2c(c1)C1=NCCCN1C2(O)c1ccccc1. The first-order valence-corrected chi connectivity index (χ1v) is 7.43. The topological polar surface area (TPSA) is 35.8 Å². The molecule has 0 aromatic heterocycles. The molecule has 0 saturated carbocycles. The van der Waals surface area contributed by atoms with E-state index in [-0.39, 0.29) is 0 Å². The van der Waals surface area contributed by atoms with Crippen molar-refractivity contribution in [1.82, 2.24) is 4.90 Å². The van der Waals surface area contributed by atoms with Crippen molar-refractivity contribution >= 4 is 5.84 Å². The van der Waals surface area contributed by atoms with Gasteiger partial charge in [0.2, 0.25) is 0 Å². The van der Waals surface area contributed by atoms with E-state index in [1.807, 2.05) is 36.4 Å². The van der Waals surface area contributed by atoms with Crippen molar-refractivity contribution in [1.29, 1.82) is 0 Å². The summed E-state index contributed by atoms with van der Waals surface area (Å²) in [7, 11) is 0. The Morgan fingerprint density at radius 1 is 1.14 bits per heavy atom. The molecule has 0 saturated heterocycles. The second kappa shape index (κ2) is 4.43. The third-order valence-corrected chi connectivity index (χ3v) is 4.42. The molecule has 0 radical (unpaired) electrons. The van der Waals surface area contributed by atoms with Crippen LogP contribution in [0.25, 0.3) is 0 Å². The normalized spacial score (nSPS) is 23.5. The zero-order chi connectivity index (χ0) is 14.4. The zero-order valence-corrected chi connectivity index (χ0v) is 12.1. The molecule has 2 aliphatic rings. The van der Waals surface area contributed by atoms with Gasteiger partial charge in [0.15, 0.2) is 5.72 Å². The maximum absolute atomic E-state index is 11.5. The van der Waals surface area contributed by atoms with Crippen LogP contribution in [0.2, 0.25) is 0 Å². The number of fused-ring (bicyclic) bond motifs is 3. The number of aliphatic imine (C=N–C) groups is 1. The summed E-state index contributed by atoms with van der Waals surface area (Å²) in [6.45, 7) is 3.75. The molecule has 0 amide bonds. The first-order valence-electron chi connectivity index (χ1n) is 7.43. The van der Waals surface area contributed by atoms with Crippen LogP contribution in [0, 0.1) is 6.92 Å². The van der Waals surface area contributed by atoms with E-state index < -0.39 is 5.72 Å². The highest BCUT2D eigenvalue weighted by Crippen LogP contribution is 2.43. The molecule has 2 aromatic carbocycles. The average molecular weight is 278 g/mol. The van der Waals surface area contributed by atoms with Gasteiger partial charge in [-0.05, 0) is 19.4 Å². The molecule has 3 heteroatoms. The highest BCUT2D eigenvalue weighted by Gasteiger charge is 2.48. The van der Waals surface area contributed by atoms with Crippen molar-refractivity contribution in [2.24, 2.45) is 4.99 Å².